The Morgan fingerprint density at radius 3 is 2.81 bits per heavy atom. The van der Waals surface area contributed by atoms with Crippen molar-refractivity contribution in [2.75, 3.05) is 20.2 Å². The monoisotopic (exact) mass is 355 g/mol. The smallest absolute Gasteiger partial charge is 0.119 e. The molecule has 4 aliphatic rings. The zero-order valence-corrected chi connectivity index (χ0v) is 16.3. The average molecular weight is 356 g/mol. The van der Waals surface area contributed by atoms with E-state index in [1.54, 1.807) is 7.11 Å². The van der Waals surface area contributed by atoms with E-state index in [0.29, 0.717) is 11.5 Å². The molecule has 2 bridgehead atoms. The second kappa shape index (κ2) is 5.97. The number of aliphatic hydroxyl groups excluding tert-OH is 1. The third-order valence-electron chi connectivity index (χ3n) is 8.43. The van der Waals surface area contributed by atoms with Gasteiger partial charge in [-0.05, 0) is 92.5 Å². The molecule has 5 rings (SSSR count). The molecular weight excluding hydrogens is 322 g/mol. The van der Waals surface area contributed by atoms with Gasteiger partial charge in [-0.25, -0.2) is 0 Å². The van der Waals surface area contributed by atoms with E-state index < -0.39 is 0 Å². The maximum atomic E-state index is 10.7. The first-order valence-corrected chi connectivity index (χ1v) is 10.7. The van der Waals surface area contributed by atoms with Crippen LogP contribution >= 0.6 is 0 Å². The molecule has 3 nitrogen and oxygen atoms in total. The summed E-state index contributed by atoms with van der Waals surface area (Å²) in [6.07, 6.45) is 9.40. The van der Waals surface area contributed by atoms with Crippen LogP contribution in [0.4, 0.5) is 0 Å². The van der Waals surface area contributed by atoms with E-state index in [2.05, 4.69) is 30.0 Å². The van der Waals surface area contributed by atoms with Crippen LogP contribution < -0.4 is 4.74 Å². The van der Waals surface area contributed by atoms with Gasteiger partial charge in [-0.3, -0.25) is 4.90 Å². The molecule has 2 saturated carbocycles. The quantitative estimate of drug-likeness (QED) is 0.889. The van der Waals surface area contributed by atoms with Crippen LogP contribution in [-0.2, 0) is 11.8 Å². The lowest BCUT2D eigenvalue weighted by Crippen LogP contribution is -2.69. The molecule has 26 heavy (non-hydrogen) atoms. The van der Waals surface area contributed by atoms with Crippen molar-refractivity contribution in [2.24, 2.45) is 11.3 Å². The highest BCUT2D eigenvalue weighted by Crippen LogP contribution is 2.65. The normalized spacial score (nSPS) is 39.2. The van der Waals surface area contributed by atoms with E-state index in [1.165, 1.54) is 62.7 Å². The molecule has 3 aliphatic carbocycles. The number of aliphatic hydroxyl groups is 1. The number of fused-ring (bicyclic) bond motifs is 1. The van der Waals surface area contributed by atoms with Crippen molar-refractivity contribution in [1.29, 1.82) is 0 Å². The van der Waals surface area contributed by atoms with Gasteiger partial charge in [-0.15, -0.1) is 0 Å². The fraction of sp³-hybridized carbons (Fsp3) is 0.739. The number of hydrogen-bond donors (Lipinski definition) is 1. The molecule has 0 aromatic heterocycles. The summed E-state index contributed by atoms with van der Waals surface area (Å²) in [5, 5.41) is 10.7. The van der Waals surface area contributed by atoms with Crippen molar-refractivity contribution < 1.29 is 9.84 Å². The van der Waals surface area contributed by atoms with Crippen LogP contribution in [0.2, 0.25) is 0 Å². The molecule has 0 spiro atoms. The van der Waals surface area contributed by atoms with Crippen molar-refractivity contribution in [2.45, 2.75) is 75.9 Å². The minimum Gasteiger partial charge on any atom is -0.497 e. The summed E-state index contributed by atoms with van der Waals surface area (Å²) >= 11 is 0. The number of methoxy groups -OCH3 is 1. The molecule has 4 atom stereocenters. The van der Waals surface area contributed by atoms with E-state index in [1.807, 2.05) is 0 Å². The summed E-state index contributed by atoms with van der Waals surface area (Å²) in [4.78, 5) is 2.85. The van der Waals surface area contributed by atoms with Gasteiger partial charge in [0.25, 0.3) is 0 Å². The second-order valence-corrected chi connectivity index (χ2v) is 9.42. The molecule has 3 heteroatoms. The van der Waals surface area contributed by atoms with Crippen molar-refractivity contribution in [3.05, 3.63) is 29.3 Å². The lowest BCUT2D eigenvalue weighted by Gasteiger charge is -2.67. The van der Waals surface area contributed by atoms with Gasteiger partial charge in [-0.2, -0.15) is 0 Å². The van der Waals surface area contributed by atoms with Gasteiger partial charge in [0.1, 0.15) is 5.75 Å². The molecule has 3 fully saturated rings. The third-order valence-corrected chi connectivity index (χ3v) is 8.43. The molecule has 1 heterocycles. The second-order valence-electron chi connectivity index (χ2n) is 9.42. The SMILES string of the molecule is CC[C@@]12CC[C@@H](O)C[C@@]13CCN(CC1CC1)[C@@H]2Cc1ccc(OC)cc13. The summed E-state index contributed by atoms with van der Waals surface area (Å²) in [6.45, 7) is 4.91. The van der Waals surface area contributed by atoms with Crippen molar-refractivity contribution >= 4 is 0 Å². The Labute approximate surface area is 157 Å². The van der Waals surface area contributed by atoms with Crippen molar-refractivity contribution in [1.82, 2.24) is 4.90 Å². The highest BCUT2D eigenvalue weighted by atomic mass is 16.5. The molecule has 1 aromatic rings. The Morgan fingerprint density at radius 2 is 2.08 bits per heavy atom. The lowest BCUT2D eigenvalue weighted by atomic mass is 9.43. The largest absolute Gasteiger partial charge is 0.497 e. The lowest BCUT2D eigenvalue weighted by molar-refractivity contribution is -0.124. The molecule has 1 aromatic carbocycles. The van der Waals surface area contributed by atoms with Gasteiger partial charge < -0.3 is 9.84 Å². The van der Waals surface area contributed by atoms with Gasteiger partial charge in [0.15, 0.2) is 0 Å². The summed E-state index contributed by atoms with van der Waals surface area (Å²) in [7, 11) is 1.77. The summed E-state index contributed by atoms with van der Waals surface area (Å²) in [6, 6.07) is 7.40. The fourth-order valence-corrected chi connectivity index (χ4v) is 7.00. The van der Waals surface area contributed by atoms with Crippen LogP contribution in [0.5, 0.6) is 5.75 Å². The van der Waals surface area contributed by atoms with Crippen LogP contribution in [0.25, 0.3) is 0 Å². The van der Waals surface area contributed by atoms with Gasteiger partial charge >= 0.3 is 0 Å². The summed E-state index contributed by atoms with van der Waals surface area (Å²) in [5.41, 5.74) is 3.46. The van der Waals surface area contributed by atoms with E-state index in [-0.39, 0.29) is 11.5 Å². The topological polar surface area (TPSA) is 32.7 Å². The van der Waals surface area contributed by atoms with E-state index >= 15 is 0 Å². The number of piperidine rings is 1. The van der Waals surface area contributed by atoms with Gasteiger partial charge in [0.05, 0.1) is 13.2 Å². The van der Waals surface area contributed by atoms with Crippen LogP contribution in [0.1, 0.15) is 63.0 Å². The third kappa shape index (κ3) is 2.26. The Hall–Kier alpha value is -1.06. The maximum absolute atomic E-state index is 10.7. The molecule has 1 aliphatic heterocycles. The molecule has 142 valence electrons. The minimum atomic E-state index is -0.151. The average Bonchev–Trinajstić information content (AvgIpc) is 3.47. The molecule has 0 amide bonds. The first kappa shape index (κ1) is 17.1. The van der Waals surface area contributed by atoms with Crippen LogP contribution in [0.15, 0.2) is 18.2 Å². The van der Waals surface area contributed by atoms with Crippen LogP contribution in [0, 0.1) is 11.3 Å². The molecule has 0 unspecified atom stereocenters. The van der Waals surface area contributed by atoms with Gasteiger partial charge in [0.2, 0.25) is 0 Å². The fourth-order valence-electron chi connectivity index (χ4n) is 7.00. The van der Waals surface area contributed by atoms with E-state index in [9.17, 15) is 5.11 Å². The van der Waals surface area contributed by atoms with E-state index in [0.717, 1.165) is 24.5 Å². The van der Waals surface area contributed by atoms with Crippen LogP contribution in [0.3, 0.4) is 0 Å². The summed E-state index contributed by atoms with van der Waals surface area (Å²) in [5.74, 6) is 1.92. The molecule has 1 N–H and O–H groups in total. The number of likely N-dealkylation sites (tertiary alicyclic amines) is 1. The Balaban J connectivity index is 1.66. The predicted octanol–water partition coefficient (Wildman–Crippen LogP) is 3.91. The number of hydrogen-bond acceptors (Lipinski definition) is 3. The number of ether oxygens (including phenoxy) is 1. The highest BCUT2D eigenvalue weighted by Gasteiger charge is 2.64. The van der Waals surface area contributed by atoms with Crippen LogP contribution in [-0.4, -0.2) is 42.4 Å². The van der Waals surface area contributed by atoms with Crippen molar-refractivity contribution in [3.8, 4) is 5.75 Å². The maximum Gasteiger partial charge on any atom is 0.119 e. The zero-order chi connectivity index (χ0) is 17.9. The first-order chi connectivity index (χ1) is 12.6. The standard InChI is InChI=1S/C23H33NO2/c1-3-22-9-8-18(25)14-23(22)10-11-24(15-16-4-5-16)21(22)12-17-6-7-19(26-2)13-20(17)23/h6-7,13,16,18,21,25H,3-5,8-12,14-15H2,1-2H3/t18-,21-,22+,23-/m1/s1. The Kier molecular flexibility index (Phi) is 3.92. The van der Waals surface area contributed by atoms with Crippen molar-refractivity contribution in [3.63, 3.8) is 0 Å². The summed E-state index contributed by atoms with van der Waals surface area (Å²) < 4.78 is 5.60. The van der Waals surface area contributed by atoms with E-state index in [4.69, 9.17) is 4.74 Å². The first-order valence-electron chi connectivity index (χ1n) is 10.7. The number of benzene rings is 1. The minimum absolute atomic E-state index is 0.131. The number of nitrogens with zero attached hydrogens (tertiary/aromatic N) is 1. The van der Waals surface area contributed by atoms with Gasteiger partial charge in [0, 0.05) is 18.0 Å². The molecule has 0 radical (unpaired) electrons. The zero-order valence-electron chi connectivity index (χ0n) is 16.3. The molecule has 1 saturated heterocycles. The van der Waals surface area contributed by atoms with Gasteiger partial charge in [-0.1, -0.05) is 13.0 Å². The Morgan fingerprint density at radius 1 is 1.23 bits per heavy atom. The molecular formula is C23H33NO2. The predicted molar refractivity (Wildman–Crippen MR) is 104 cm³/mol. The highest BCUT2D eigenvalue weighted by molar-refractivity contribution is 5.47. The Bertz CT molecular complexity index is 699. The number of rotatable bonds is 4.